The van der Waals surface area contributed by atoms with Crippen LogP contribution >= 0.6 is 23.2 Å². The monoisotopic (exact) mass is 392 g/mol. The van der Waals surface area contributed by atoms with Crippen LogP contribution in [-0.2, 0) is 0 Å². The molecule has 4 nitrogen and oxygen atoms in total. The Morgan fingerprint density at radius 1 is 0.923 bits per heavy atom. The largest absolute Gasteiger partial charge is 0.306 e. The highest BCUT2D eigenvalue weighted by Gasteiger charge is 2.42. The lowest BCUT2D eigenvalue weighted by Gasteiger charge is -2.32. The van der Waals surface area contributed by atoms with Crippen molar-refractivity contribution in [2.24, 2.45) is 17.4 Å². The van der Waals surface area contributed by atoms with Crippen LogP contribution in [0.15, 0.2) is 48.5 Å². The zero-order chi connectivity index (χ0) is 19.3. The molecule has 1 unspecified atom stereocenters. The van der Waals surface area contributed by atoms with E-state index >= 15 is 0 Å². The van der Waals surface area contributed by atoms with Crippen molar-refractivity contribution in [2.75, 3.05) is 0 Å². The Morgan fingerprint density at radius 2 is 1.38 bits per heavy atom. The third-order valence-corrected chi connectivity index (χ3v) is 4.87. The summed E-state index contributed by atoms with van der Waals surface area (Å²) in [6.07, 6.45) is 2.01. The van der Waals surface area contributed by atoms with E-state index < -0.39 is 17.4 Å². The summed E-state index contributed by atoms with van der Waals surface area (Å²) in [5.74, 6) is -1.59. The van der Waals surface area contributed by atoms with Crippen LogP contribution in [0.2, 0.25) is 10.0 Å². The van der Waals surface area contributed by atoms with Crippen molar-refractivity contribution in [2.45, 2.75) is 31.8 Å². The van der Waals surface area contributed by atoms with E-state index in [1.807, 2.05) is 6.92 Å². The van der Waals surface area contributed by atoms with Crippen molar-refractivity contribution in [3.05, 3.63) is 69.7 Å². The van der Waals surface area contributed by atoms with Crippen molar-refractivity contribution in [3.63, 3.8) is 0 Å². The van der Waals surface area contributed by atoms with Crippen LogP contribution in [0, 0.1) is 5.92 Å². The maximum atomic E-state index is 13.0. The van der Waals surface area contributed by atoms with Crippen LogP contribution in [0.25, 0.3) is 0 Å². The number of halogens is 2. The number of carbonyl (C=O) groups is 2. The predicted octanol–water partition coefficient (Wildman–Crippen LogP) is 4.48. The van der Waals surface area contributed by atoms with Gasteiger partial charge in [0.15, 0.2) is 11.6 Å². The summed E-state index contributed by atoms with van der Waals surface area (Å²) in [5, 5.41) is 1.02. The van der Waals surface area contributed by atoms with Crippen LogP contribution in [0.4, 0.5) is 0 Å². The standard InChI is InChI=1S/C20H22Cl2N2O2/c1-2-3-4-17(18(25)13-5-9-15(21)10-6-13)20(23,24)19(26)14-7-11-16(22)12-8-14/h5-12,17H,2-4,23-24H2,1H3. The summed E-state index contributed by atoms with van der Waals surface area (Å²) in [4.78, 5) is 25.9. The number of carbonyl (C=O) groups excluding carboxylic acids is 2. The molecule has 0 spiro atoms. The highest BCUT2D eigenvalue weighted by atomic mass is 35.5. The topological polar surface area (TPSA) is 86.2 Å². The van der Waals surface area contributed by atoms with Crippen LogP contribution < -0.4 is 11.5 Å². The molecule has 2 aromatic rings. The van der Waals surface area contributed by atoms with Gasteiger partial charge < -0.3 is 11.5 Å². The average molecular weight is 393 g/mol. The van der Waals surface area contributed by atoms with Crippen LogP contribution in [0.5, 0.6) is 0 Å². The molecule has 0 radical (unpaired) electrons. The predicted molar refractivity (Wildman–Crippen MR) is 106 cm³/mol. The molecule has 0 aliphatic rings. The second-order valence-corrected chi connectivity index (χ2v) is 7.21. The summed E-state index contributed by atoms with van der Waals surface area (Å²) >= 11 is 11.8. The van der Waals surface area contributed by atoms with Gasteiger partial charge in [-0.25, -0.2) is 0 Å². The quantitative estimate of drug-likeness (QED) is 0.512. The molecule has 0 saturated carbocycles. The molecule has 0 amide bonds. The first kappa shape index (κ1) is 20.6. The molecule has 6 heteroatoms. The summed E-state index contributed by atoms with van der Waals surface area (Å²) in [7, 11) is 0. The van der Waals surface area contributed by atoms with Crippen LogP contribution in [0.1, 0.15) is 46.9 Å². The van der Waals surface area contributed by atoms with E-state index in [-0.39, 0.29) is 5.78 Å². The van der Waals surface area contributed by atoms with Crippen LogP contribution in [0.3, 0.4) is 0 Å². The van der Waals surface area contributed by atoms with E-state index in [2.05, 4.69) is 0 Å². The van der Waals surface area contributed by atoms with Gasteiger partial charge in [0.1, 0.15) is 5.66 Å². The summed E-state index contributed by atoms with van der Waals surface area (Å²) < 4.78 is 0. The average Bonchev–Trinajstić information content (AvgIpc) is 2.62. The molecule has 0 aliphatic carbocycles. The molecule has 4 N–H and O–H groups in total. The summed E-state index contributed by atoms with van der Waals surface area (Å²) in [5.41, 5.74) is 11.4. The Morgan fingerprint density at radius 3 is 1.85 bits per heavy atom. The minimum Gasteiger partial charge on any atom is -0.306 e. The molecule has 2 aromatic carbocycles. The van der Waals surface area contributed by atoms with Gasteiger partial charge in [-0.3, -0.25) is 9.59 Å². The zero-order valence-corrected chi connectivity index (χ0v) is 16.1. The van der Waals surface area contributed by atoms with Crippen molar-refractivity contribution in [1.82, 2.24) is 0 Å². The molecule has 0 aromatic heterocycles. The SMILES string of the molecule is CCCCC(C(=O)c1ccc(Cl)cc1)C(N)(N)C(=O)c1ccc(Cl)cc1. The lowest BCUT2D eigenvalue weighted by molar-refractivity contribution is 0.0714. The third kappa shape index (κ3) is 4.71. The number of Topliss-reactive ketones (excluding diaryl/α,β-unsaturated/α-hetero) is 2. The van der Waals surface area contributed by atoms with Gasteiger partial charge in [0, 0.05) is 21.2 Å². The fraction of sp³-hybridized carbons (Fsp3) is 0.300. The summed E-state index contributed by atoms with van der Waals surface area (Å²) in [6.45, 7) is 2.00. The number of ketones is 2. The Kier molecular flexibility index (Phi) is 6.95. The molecule has 2 rings (SSSR count). The van der Waals surface area contributed by atoms with E-state index in [0.29, 0.717) is 27.6 Å². The second kappa shape index (κ2) is 8.78. The second-order valence-electron chi connectivity index (χ2n) is 6.33. The third-order valence-electron chi connectivity index (χ3n) is 4.37. The lowest BCUT2D eigenvalue weighted by Crippen LogP contribution is -2.63. The number of nitrogens with two attached hydrogens (primary N) is 2. The van der Waals surface area contributed by atoms with E-state index in [4.69, 9.17) is 34.7 Å². The van der Waals surface area contributed by atoms with Gasteiger partial charge in [0.25, 0.3) is 0 Å². The molecule has 0 aliphatic heterocycles. The Labute approximate surface area is 163 Å². The smallest absolute Gasteiger partial charge is 0.197 e. The maximum absolute atomic E-state index is 13.0. The van der Waals surface area contributed by atoms with E-state index in [1.54, 1.807) is 48.5 Å². The minimum absolute atomic E-state index is 0.262. The van der Waals surface area contributed by atoms with Crippen LogP contribution in [-0.4, -0.2) is 17.2 Å². The van der Waals surface area contributed by atoms with Crippen molar-refractivity contribution in [3.8, 4) is 0 Å². The first-order valence-electron chi connectivity index (χ1n) is 8.45. The molecular weight excluding hydrogens is 371 g/mol. The maximum Gasteiger partial charge on any atom is 0.197 e. The van der Waals surface area contributed by atoms with Crippen molar-refractivity contribution >= 4 is 34.8 Å². The van der Waals surface area contributed by atoms with Gasteiger partial charge in [-0.05, 0) is 55.0 Å². The molecule has 138 valence electrons. The minimum atomic E-state index is -1.82. The number of hydrogen-bond acceptors (Lipinski definition) is 4. The fourth-order valence-corrected chi connectivity index (χ4v) is 3.07. The molecule has 0 bridgehead atoms. The highest BCUT2D eigenvalue weighted by Crippen LogP contribution is 2.26. The fourth-order valence-electron chi connectivity index (χ4n) is 2.82. The Bertz CT molecular complexity index is 771. The highest BCUT2D eigenvalue weighted by molar-refractivity contribution is 6.31. The first-order valence-corrected chi connectivity index (χ1v) is 9.20. The van der Waals surface area contributed by atoms with E-state index in [9.17, 15) is 9.59 Å². The van der Waals surface area contributed by atoms with Gasteiger partial charge in [-0.15, -0.1) is 0 Å². The van der Waals surface area contributed by atoms with Gasteiger partial charge >= 0.3 is 0 Å². The molecule has 1 atom stereocenters. The molecular formula is C20H22Cl2N2O2. The van der Waals surface area contributed by atoms with E-state index in [1.165, 1.54) is 0 Å². The van der Waals surface area contributed by atoms with Crippen molar-refractivity contribution in [1.29, 1.82) is 0 Å². The summed E-state index contributed by atoms with van der Waals surface area (Å²) in [6, 6.07) is 12.8. The molecule has 0 heterocycles. The van der Waals surface area contributed by atoms with Gasteiger partial charge in [-0.1, -0.05) is 43.0 Å². The molecule has 26 heavy (non-hydrogen) atoms. The first-order chi connectivity index (χ1) is 12.3. The molecule has 0 saturated heterocycles. The lowest BCUT2D eigenvalue weighted by atomic mass is 9.79. The van der Waals surface area contributed by atoms with Gasteiger partial charge in [-0.2, -0.15) is 0 Å². The normalized spacial score (nSPS) is 12.7. The number of hydrogen-bond donors (Lipinski definition) is 2. The van der Waals surface area contributed by atoms with E-state index in [0.717, 1.165) is 12.8 Å². The number of unbranched alkanes of at least 4 members (excludes halogenated alkanes) is 1. The van der Waals surface area contributed by atoms with Gasteiger partial charge in [0.05, 0.1) is 5.92 Å². The Hall–Kier alpha value is -1.72. The zero-order valence-electron chi connectivity index (χ0n) is 14.5. The number of rotatable bonds is 8. The Balaban J connectivity index is 2.36. The number of benzene rings is 2. The molecule has 0 fully saturated rings. The van der Waals surface area contributed by atoms with Crippen molar-refractivity contribution < 1.29 is 9.59 Å². The van der Waals surface area contributed by atoms with Gasteiger partial charge in [0.2, 0.25) is 0 Å².